The van der Waals surface area contributed by atoms with Crippen LogP contribution in [0.4, 0.5) is 0 Å². The summed E-state index contributed by atoms with van der Waals surface area (Å²) in [7, 11) is 0. The van der Waals surface area contributed by atoms with Gasteiger partial charge in [-0.05, 0) is 102 Å². The van der Waals surface area contributed by atoms with Crippen molar-refractivity contribution in [1.82, 2.24) is 19.5 Å². The molecule has 4 nitrogen and oxygen atoms in total. The van der Waals surface area contributed by atoms with E-state index in [1.54, 1.807) is 0 Å². The Bertz CT molecular complexity index is 3890. The molecule has 0 radical (unpaired) electrons. The van der Waals surface area contributed by atoms with E-state index in [2.05, 4.69) is 217 Å². The number of hydrogen-bond acceptors (Lipinski definition) is 3. The Morgan fingerprint density at radius 1 is 0.262 bits per heavy atom. The van der Waals surface area contributed by atoms with Crippen LogP contribution in [0.2, 0.25) is 0 Å². The van der Waals surface area contributed by atoms with Gasteiger partial charge in [0.1, 0.15) is 0 Å². The SMILES string of the molecule is c1ccc(-c2ccc3c(-n4c5cc6ccccc6cc5c5cc6ccccc6cc54)cc(-c4ccccc4)c(-c4nc(-c5ccccc5)nc(-c5ccc6ccccc6c5)n4)c3c2)cc1. The highest BCUT2D eigenvalue weighted by atomic mass is 15.0. The van der Waals surface area contributed by atoms with Crippen LogP contribution in [-0.2, 0) is 0 Å². The standard InChI is InChI=1S/C61H38N4/c1-4-16-39(17-5-1)48-30-31-50-54(35-48)58(61-63-59(42-21-8-3-9-22-42)62-60(64-61)49-29-28-40-18-10-11-23-43(40)32-49)51(41-19-6-2-7-20-41)38-57(50)65-55-36-46-26-14-12-24-44(46)33-52(55)53-34-45-25-13-15-27-47(45)37-56(53)65/h1-38H. The fourth-order valence-electron chi connectivity index (χ4n) is 9.80. The number of hydrogen-bond donors (Lipinski definition) is 0. The first-order valence-corrected chi connectivity index (χ1v) is 22.1. The van der Waals surface area contributed by atoms with Crippen LogP contribution in [0.3, 0.4) is 0 Å². The number of nitrogens with zero attached hydrogens (tertiary/aromatic N) is 4. The molecule has 2 heterocycles. The van der Waals surface area contributed by atoms with E-state index >= 15 is 0 Å². The van der Waals surface area contributed by atoms with E-state index in [0.717, 1.165) is 71.8 Å². The zero-order valence-electron chi connectivity index (χ0n) is 35.2. The normalized spacial score (nSPS) is 11.7. The van der Waals surface area contributed by atoms with Gasteiger partial charge in [-0.2, -0.15) is 0 Å². The zero-order valence-corrected chi connectivity index (χ0v) is 35.2. The third-order valence-corrected chi connectivity index (χ3v) is 12.9. The topological polar surface area (TPSA) is 43.6 Å². The molecule has 4 heteroatoms. The van der Waals surface area contributed by atoms with E-state index in [1.807, 2.05) is 18.2 Å². The molecule has 13 aromatic rings. The first kappa shape index (κ1) is 36.9. The van der Waals surface area contributed by atoms with Crippen LogP contribution in [0.25, 0.3) is 127 Å². The highest BCUT2D eigenvalue weighted by molar-refractivity contribution is 6.18. The van der Waals surface area contributed by atoms with Gasteiger partial charge in [-0.15, -0.1) is 0 Å². The minimum Gasteiger partial charge on any atom is -0.309 e. The molecule has 302 valence electrons. The first-order valence-electron chi connectivity index (χ1n) is 22.1. The van der Waals surface area contributed by atoms with Gasteiger partial charge in [-0.25, -0.2) is 15.0 Å². The molecule has 65 heavy (non-hydrogen) atoms. The van der Waals surface area contributed by atoms with Crippen molar-refractivity contribution in [2.24, 2.45) is 0 Å². The molecule has 0 saturated heterocycles. The molecule has 0 fully saturated rings. The van der Waals surface area contributed by atoms with Crippen LogP contribution >= 0.6 is 0 Å². The van der Waals surface area contributed by atoms with Crippen molar-refractivity contribution in [3.63, 3.8) is 0 Å². The van der Waals surface area contributed by atoms with Crippen molar-refractivity contribution >= 4 is 64.9 Å². The largest absolute Gasteiger partial charge is 0.309 e. The molecule has 0 spiro atoms. The second-order valence-corrected chi connectivity index (χ2v) is 16.8. The van der Waals surface area contributed by atoms with E-state index in [-0.39, 0.29) is 0 Å². The maximum atomic E-state index is 5.48. The highest BCUT2D eigenvalue weighted by Gasteiger charge is 2.24. The molecule has 0 unspecified atom stereocenters. The van der Waals surface area contributed by atoms with Gasteiger partial charge >= 0.3 is 0 Å². The van der Waals surface area contributed by atoms with Gasteiger partial charge < -0.3 is 4.57 Å². The summed E-state index contributed by atoms with van der Waals surface area (Å²) < 4.78 is 2.49. The minimum absolute atomic E-state index is 0.613. The Hall–Kier alpha value is -8.73. The van der Waals surface area contributed by atoms with Gasteiger partial charge in [-0.3, -0.25) is 0 Å². The number of fused-ring (bicyclic) bond motifs is 7. The van der Waals surface area contributed by atoms with Crippen LogP contribution in [0.1, 0.15) is 0 Å². The molecule has 0 aliphatic rings. The molecule has 0 aliphatic carbocycles. The first-order chi connectivity index (χ1) is 32.2. The van der Waals surface area contributed by atoms with Crippen molar-refractivity contribution in [3.8, 4) is 62.1 Å². The van der Waals surface area contributed by atoms with Crippen molar-refractivity contribution in [3.05, 3.63) is 231 Å². The second-order valence-electron chi connectivity index (χ2n) is 16.8. The van der Waals surface area contributed by atoms with Crippen LogP contribution in [0.15, 0.2) is 231 Å². The smallest absolute Gasteiger partial charge is 0.165 e. The summed E-state index contributed by atoms with van der Waals surface area (Å²) >= 11 is 0. The Kier molecular flexibility index (Phi) is 8.50. The van der Waals surface area contributed by atoms with E-state index in [4.69, 9.17) is 15.0 Å². The number of benzene rings is 11. The van der Waals surface area contributed by atoms with Crippen LogP contribution in [-0.4, -0.2) is 19.5 Å². The monoisotopic (exact) mass is 826 g/mol. The molecule has 13 rings (SSSR count). The fraction of sp³-hybridized carbons (Fsp3) is 0. The summed E-state index contributed by atoms with van der Waals surface area (Å²) in [4.78, 5) is 16.1. The fourth-order valence-corrected chi connectivity index (χ4v) is 9.80. The molecular weight excluding hydrogens is 789 g/mol. The lowest BCUT2D eigenvalue weighted by Gasteiger charge is -2.20. The van der Waals surface area contributed by atoms with E-state index in [1.165, 1.54) is 37.7 Å². The lowest BCUT2D eigenvalue weighted by molar-refractivity contribution is 1.08. The summed E-state index contributed by atoms with van der Waals surface area (Å²) in [5.41, 5.74) is 10.5. The quantitative estimate of drug-likeness (QED) is 0.168. The zero-order chi connectivity index (χ0) is 42.8. The molecule has 2 aromatic heterocycles. The van der Waals surface area contributed by atoms with Crippen molar-refractivity contribution in [2.45, 2.75) is 0 Å². The number of rotatable bonds is 6. The van der Waals surface area contributed by atoms with Crippen molar-refractivity contribution < 1.29 is 0 Å². The van der Waals surface area contributed by atoms with Crippen molar-refractivity contribution in [1.29, 1.82) is 0 Å². The average molecular weight is 827 g/mol. The third kappa shape index (κ3) is 6.26. The summed E-state index contributed by atoms with van der Waals surface area (Å²) in [6.07, 6.45) is 0. The predicted molar refractivity (Wildman–Crippen MR) is 271 cm³/mol. The Morgan fingerprint density at radius 2 is 0.723 bits per heavy atom. The Balaban J connectivity index is 1.18. The lowest BCUT2D eigenvalue weighted by Crippen LogP contribution is -2.04. The maximum absolute atomic E-state index is 5.48. The van der Waals surface area contributed by atoms with Crippen LogP contribution < -0.4 is 0 Å². The molecular formula is C61H38N4. The minimum atomic E-state index is 0.613. The van der Waals surface area contributed by atoms with Crippen molar-refractivity contribution in [2.75, 3.05) is 0 Å². The third-order valence-electron chi connectivity index (χ3n) is 12.9. The lowest BCUT2D eigenvalue weighted by atomic mass is 9.90. The van der Waals surface area contributed by atoms with Gasteiger partial charge in [-0.1, -0.05) is 188 Å². The van der Waals surface area contributed by atoms with Crippen LogP contribution in [0.5, 0.6) is 0 Å². The van der Waals surface area contributed by atoms with Gasteiger partial charge in [0.05, 0.1) is 16.7 Å². The highest BCUT2D eigenvalue weighted by Crippen LogP contribution is 2.45. The van der Waals surface area contributed by atoms with E-state index in [0.29, 0.717) is 17.5 Å². The summed E-state index contributed by atoms with van der Waals surface area (Å²) in [6, 6.07) is 82.6. The van der Waals surface area contributed by atoms with Gasteiger partial charge in [0.2, 0.25) is 0 Å². The summed E-state index contributed by atoms with van der Waals surface area (Å²) in [5, 5.41) is 11.7. The number of aromatic nitrogens is 4. The average Bonchev–Trinajstić information content (AvgIpc) is 3.68. The molecule has 0 saturated carbocycles. The van der Waals surface area contributed by atoms with E-state index in [9.17, 15) is 0 Å². The van der Waals surface area contributed by atoms with Gasteiger partial charge in [0, 0.05) is 32.8 Å². The van der Waals surface area contributed by atoms with E-state index < -0.39 is 0 Å². The second kappa shape index (κ2) is 15.0. The summed E-state index contributed by atoms with van der Waals surface area (Å²) in [6.45, 7) is 0. The molecule has 0 atom stereocenters. The molecule has 0 amide bonds. The molecule has 0 bridgehead atoms. The molecule has 0 N–H and O–H groups in total. The van der Waals surface area contributed by atoms with Gasteiger partial charge in [0.15, 0.2) is 17.5 Å². The Labute approximate surface area is 375 Å². The predicted octanol–water partition coefficient (Wildman–Crippen LogP) is 15.9. The van der Waals surface area contributed by atoms with Gasteiger partial charge in [0.25, 0.3) is 0 Å². The maximum Gasteiger partial charge on any atom is 0.165 e. The van der Waals surface area contributed by atoms with Crippen LogP contribution in [0, 0.1) is 0 Å². The Morgan fingerprint density at radius 3 is 1.32 bits per heavy atom. The molecule has 11 aromatic carbocycles. The molecule has 0 aliphatic heterocycles. The summed E-state index contributed by atoms with van der Waals surface area (Å²) in [5.74, 6) is 1.86.